The minimum atomic E-state index is -0.112. The average Bonchev–Trinajstić information content (AvgIpc) is 3.45. The molecule has 1 aromatic heterocycles. The van der Waals surface area contributed by atoms with Gasteiger partial charge in [0.25, 0.3) is 0 Å². The summed E-state index contributed by atoms with van der Waals surface area (Å²) >= 11 is 0. The van der Waals surface area contributed by atoms with Crippen molar-refractivity contribution in [3.8, 4) is 29.4 Å². The molecule has 0 atom stereocenters. The van der Waals surface area contributed by atoms with Crippen molar-refractivity contribution in [3.63, 3.8) is 0 Å². The van der Waals surface area contributed by atoms with Gasteiger partial charge >= 0.3 is 0 Å². The van der Waals surface area contributed by atoms with E-state index in [1.54, 1.807) is 25.2 Å². The van der Waals surface area contributed by atoms with Crippen LogP contribution in [0.25, 0.3) is 11.3 Å². The molecule has 0 radical (unpaired) electrons. The number of amides is 1. The molecule has 6 nitrogen and oxygen atoms in total. The first-order chi connectivity index (χ1) is 12.1. The van der Waals surface area contributed by atoms with Gasteiger partial charge in [0.15, 0.2) is 5.82 Å². The van der Waals surface area contributed by atoms with Gasteiger partial charge in [0.1, 0.15) is 11.4 Å². The molecule has 0 spiro atoms. The number of aromatic hydroxyl groups is 1. The predicted molar refractivity (Wildman–Crippen MR) is 96.2 cm³/mol. The van der Waals surface area contributed by atoms with Crippen LogP contribution in [0, 0.1) is 12.3 Å². The Hall–Kier alpha value is -2.91. The number of anilines is 1. The van der Waals surface area contributed by atoms with E-state index in [9.17, 15) is 9.90 Å². The van der Waals surface area contributed by atoms with Gasteiger partial charge in [-0.3, -0.25) is 4.79 Å². The Morgan fingerprint density at radius 3 is 2.80 bits per heavy atom. The van der Waals surface area contributed by atoms with E-state index in [1.807, 2.05) is 6.07 Å². The topological polar surface area (TPSA) is 87.1 Å². The fourth-order valence-corrected chi connectivity index (χ4v) is 2.65. The number of carbonyl (C=O) groups excluding carboxylic acids is 1. The van der Waals surface area contributed by atoms with Gasteiger partial charge in [0.2, 0.25) is 5.91 Å². The molecule has 3 rings (SSSR count). The zero-order valence-electron chi connectivity index (χ0n) is 14.0. The summed E-state index contributed by atoms with van der Waals surface area (Å²) in [6.07, 6.45) is 7.86. The molecule has 128 valence electrons. The first-order valence-electron chi connectivity index (χ1n) is 8.24. The van der Waals surface area contributed by atoms with E-state index in [0.717, 1.165) is 18.4 Å². The number of terminal acetylenes is 1. The second-order valence-corrected chi connectivity index (χ2v) is 6.09. The van der Waals surface area contributed by atoms with Gasteiger partial charge < -0.3 is 15.7 Å². The maximum absolute atomic E-state index is 11.9. The number of benzene rings is 1. The SMILES string of the molecule is C#Cc1ccc(-c2nnc(NC(=O)CCNC)cc2C2CC2)c(O)c1. The number of hydrogen-bond acceptors (Lipinski definition) is 5. The van der Waals surface area contributed by atoms with E-state index in [-0.39, 0.29) is 11.7 Å². The van der Waals surface area contributed by atoms with Crippen molar-refractivity contribution in [2.45, 2.75) is 25.2 Å². The summed E-state index contributed by atoms with van der Waals surface area (Å²) in [6.45, 7) is 0.599. The molecule has 1 aliphatic carbocycles. The summed E-state index contributed by atoms with van der Waals surface area (Å²) in [7, 11) is 1.80. The molecular formula is C19H20N4O2. The number of nitrogens with one attached hydrogen (secondary N) is 2. The molecule has 0 aliphatic heterocycles. The van der Waals surface area contributed by atoms with Crippen molar-refractivity contribution < 1.29 is 9.90 Å². The summed E-state index contributed by atoms with van der Waals surface area (Å²) in [6, 6.07) is 6.92. The quantitative estimate of drug-likeness (QED) is 0.704. The number of aromatic nitrogens is 2. The van der Waals surface area contributed by atoms with Gasteiger partial charge in [-0.1, -0.05) is 5.92 Å². The third-order valence-electron chi connectivity index (χ3n) is 4.13. The second kappa shape index (κ2) is 7.32. The minimum absolute atomic E-state index is 0.0810. The second-order valence-electron chi connectivity index (χ2n) is 6.09. The van der Waals surface area contributed by atoms with E-state index >= 15 is 0 Å². The summed E-state index contributed by atoms with van der Waals surface area (Å²) in [4.78, 5) is 11.9. The van der Waals surface area contributed by atoms with Gasteiger partial charge in [0, 0.05) is 24.1 Å². The normalized spacial score (nSPS) is 13.3. The number of phenolic OH excluding ortho intramolecular Hbond substituents is 1. The van der Waals surface area contributed by atoms with Crippen LogP contribution >= 0.6 is 0 Å². The van der Waals surface area contributed by atoms with Gasteiger partial charge in [-0.05, 0) is 55.6 Å². The number of phenols is 1. The van der Waals surface area contributed by atoms with E-state index in [0.29, 0.717) is 41.5 Å². The molecule has 0 unspecified atom stereocenters. The Morgan fingerprint density at radius 1 is 1.36 bits per heavy atom. The summed E-state index contributed by atoms with van der Waals surface area (Å²) in [5.74, 6) is 3.28. The van der Waals surface area contributed by atoms with Crippen molar-refractivity contribution in [1.29, 1.82) is 0 Å². The van der Waals surface area contributed by atoms with Crippen LogP contribution in [-0.4, -0.2) is 34.8 Å². The minimum Gasteiger partial charge on any atom is -0.507 e. The Balaban J connectivity index is 1.90. The first-order valence-corrected chi connectivity index (χ1v) is 8.24. The van der Waals surface area contributed by atoms with Gasteiger partial charge in [-0.25, -0.2) is 0 Å². The lowest BCUT2D eigenvalue weighted by molar-refractivity contribution is -0.116. The van der Waals surface area contributed by atoms with Crippen molar-refractivity contribution in [1.82, 2.24) is 15.5 Å². The smallest absolute Gasteiger partial charge is 0.226 e. The number of rotatable bonds is 6. The maximum Gasteiger partial charge on any atom is 0.226 e. The van der Waals surface area contributed by atoms with Gasteiger partial charge in [0.05, 0.1) is 0 Å². The van der Waals surface area contributed by atoms with Crippen molar-refractivity contribution in [2.75, 3.05) is 18.9 Å². The van der Waals surface area contributed by atoms with Crippen LogP contribution in [0.5, 0.6) is 5.75 Å². The molecule has 1 aliphatic rings. The first kappa shape index (κ1) is 16.9. The van der Waals surface area contributed by atoms with E-state index in [2.05, 4.69) is 26.8 Å². The Bertz CT molecular complexity index is 838. The predicted octanol–water partition coefficient (Wildman–Crippen LogP) is 2.26. The molecule has 1 fully saturated rings. The third kappa shape index (κ3) is 3.95. The number of carbonyl (C=O) groups is 1. The van der Waals surface area contributed by atoms with Crippen molar-refractivity contribution in [2.24, 2.45) is 0 Å². The van der Waals surface area contributed by atoms with Crippen molar-refractivity contribution >= 4 is 11.7 Å². The Kier molecular flexibility index (Phi) is 4.96. The molecule has 1 saturated carbocycles. The highest BCUT2D eigenvalue weighted by atomic mass is 16.3. The molecule has 6 heteroatoms. The fourth-order valence-electron chi connectivity index (χ4n) is 2.65. The van der Waals surface area contributed by atoms with Crippen LogP contribution in [-0.2, 0) is 4.79 Å². The van der Waals surface area contributed by atoms with Crippen molar-refractivity contribution in [3.05, 3.63) is 35.4 Å². The molecule has 1 aromatic carbocycles. The van der Waals surface area contributed by atoms with Crippen LogP contribution in [0.3, 0.4) is 0 Å². The largest absolute Gasteiger partial charge is 0.507 e. The van der Waals surface area contributed by atoms with Crippen LogP contribution in [0.2, 0.25) is 0 Å². The lowest BCUT2D eigenvalue weighted by atomic mass is 10.0. The van der Waals surface area contributed by atoms with Crippen LogP contribution in [0.15, 0.2) is 24.3 Å². The molecule has 1 heterocycles. The highest BCUT2D eigenvalue weighted by molar-refractivity contribution is 5.90. The lowest BCUT2D eigenvalue weighted by Crippen LogP contribution is -2.19. The highest BCUT2D eigenvalue weighted by Crippen LogP contribution is 2.45. The van der Waals surface area contributed by atoms with E-state index < -0.39 is 0 Å². The van der Waals surface area contributed by atoms with Crippen LogP contribution in [0.1, 0.15) is 36.3 Å². The Labute approximate surface area is 146 Å². The van der Waals surface area contributed by atoms with Crippen LogP contribution < -0.4 is 10.6 Å². The third-order valence-corrected chi connectivity index (χ3v) is 4.13. The molecule has 25 heavy (non-hydrogen) atoms. The molecular weight excluding hydrogens is 316 g/mol. The lowest BCUT2D eigenvalue weighted by Gasteiger charge is -2.11. The van der Waals surface area contributed by atoms with E-state index in [4.69, 9.17) is 6.42 Å². The number of hydrogen-bond donors (Lipinski definition) is 3. The zero-order chi connectivity index (χ0) is 17.8. The molecule has 3 N–H and O–H groups in total. The maximum atomic E-state index is 11.9. The monoisotopic (exact) mass is 336 g/mol. The van der Waals surface area contributed by atoms with E-state index in [1.165, 1.54) is 0 Å². The summed E-state index contributed by atoms with van der Waals surface area (Å²) in [5, 5.41) is 24.3. The highest BCUT2D eigenvalue weighted by Gasteiger charge is 2.29. The molecule has 1 amide bonds. The average molecular weight is 336 g/mol. The molecule has 2 aromatic rings. The number of nitrogens with zero attached hydrogens (tertiary/aromatic N) is 2. The molecule has 0 saturated heterocycles. The van der Waals surface area contributed by atoms with Gasteiger partial charge in [-0.2, -0.15) is 0 Å². The fraction of sp³-hybridized carbons (Fsp3) is 0.316. The van der Waals surface area contributed by atoms with Crippen LogP contribution in [0.4, 0.5) is 5.82 Å². The zero-order valence-corrected chi connectivity index (χ0v) is 14.0. The molecule has 0 bridgehead atoms. The summed E-state index contributed by atoms with van der Waals surface area (Å²) < 4.78 is 0. The van der Waals surface area contributed by atoms with Gasteiger partial charge in [-0.15, -0.1) is 16.6 Å². The summed E-state index contributed by atoms with van der Waals surface area (Å²) in [5.41, 5.74) is 2.83. The Morgan fingerprint density at radius 2 is 2.16 bits per heavy atom. The standard InChI is InChI=1S/C19H20N4O2/c1-3-12-4-7-14(16(24)10-12)19-15(13-5-6-13)11-17(22-23-19)21-18(25)8-9-20-2/h1,4,7,10-11,13,20,24H,5-6,8-9H2,2H3,(H,21,22,25).